The molecule has 1 aliphatic rings. The van der Waals surface area contributed by atoms with Crippen molar-refractivity contribution in [2.45, 2.75) is 6.04 Å². The Balaban J connectivity index is 2.06. The fourth-order valence-electron chi connectivity index (χ4n) is 2.51. The van der Waals surface area contributed by atoms with Crippen LogP contribution in [0, 0.1) is 0 Å². The summed E-state index contributed by atoms with van der Waals surface area (Å²) in [5, 5.41) is 4.04. The molecule has 1 unspecified atom stereocenters. The van der Waals surface area contributed by atoms with E-state index >= 15 is 0 Å². The highest BCUT2D eigenvalue weighted by Crippen LogP contribution is 2.39. The minimum absolute atomic E-state index is 0.0188. The van der Waals surface area contributed by atoms with Gasteiger partial charge in [-0.05, 0) is 30.8 Å². The van der Waals surface area contributed by atoms with Crippen LogP contribution in [0.15, 0.2) is 42.5 Å². The molecule has 0 saturated carbocycles. The lowest BCUT2D eigenvalue weighted by atomic mass is 9.97. The Morgan fingerprint density at radius 3 is 2.70 bits per heavy atom. The summed E-state index contributed by atoms with van der Waals surface area (Å²) < 4.78 is 11.4. The van der Waals surface area contributed by atoms with Gasteiger partial charge in [-0.25, -0.2) is 0 Å². The van der Waals surface area contributed by atoms with Gasteiger partial charge in [0.2, 0.25) is 0 Å². The van der Waals surface area contributed by atoms with Crippen molar-refractivity contribution in [3.05, 3.63) is 58.6 Å². The van der Waals surface area contributed by atoms with E-state index in [0.717, 1.165) is 27.6 Å². The van der Waals surface area contributed by atoms with E-state index in [4.69, 9.17) is 21.1 Å². The average molecular weight is 290 g/mol. The fourth-order valence-corrected chi connectivity index (χ4v) is 2.71. The van der Waals surface area contributed by atoms with Gasteiger partial charge >= 0.3 is 0 Å². The predicted octanol–water partition coefficient (Wildman–Crippen LogP) is 3.42. The Labute approximate surface area is 123 Å². The minimum Gasteiger partial charge on any atom is -0.486 e. The zero-order chi connectivity index (χ0) is 13.9. The first kappa shape index (κ1) is 13.3. The molecule has 3 nitrogen and oxygen atoms in total. The number of para-hydroxylation sites is 1. The predicted molar refractivity (Wildman–Crippen MR) is 79.8 cm³/mol. The lowest BCUT2D eigenvalue weighted by molar-refractivity contribution is 0.169. The van der Waals surface area contributed by atoms with Crippen LogP contribution < -0.4 is 14.8 Å². The Morgan fingerprint density at radius 1 is 1.10 bits per heavy atom. The van der Waals surface area contributed by atoms with Crippen molar-refractivity contribution in [1.29, 1.82) is 0 Å². The van der Waals surface area contributed by atoms with E-state index < -0.39 is 0 Å². The molecule has 0 radical (unpaired) electrons. The van der Waals surface area contributed by atoms with Gasteiger partial charge in [0.15, 0.2) is 11.5 Å². The van der Waals surface area contributed by atoms with Crippen molar-refractivity contribution in [2.24, 2.45) is 0 Å². The van der Waals surface area contributed by atoms with Crippen molar-refractivity contribution >= 4 is 11.6 Å². The molecule has 1 atom stereocenters. The van der Waals surface area contributed by atoms with E-state index in [0.29, 0.717) is 13.2 Å². The van der Waals surface area contributed by atoms with Crippen LogP contribution in [0.3, 0.4) is 0 Å². The van der Waals surface area contributed by atoms with Crippen molar-refractivity contribution in [3.8, 4) is 11.5 Å². The van der Waals surface area contributed by atoms with Crippen molar-refractivity contribution in [1.82, 2.24) is 5.32 Å². The molecule has 2 aromatic carbocycles. The zero-order valence-electron chi connectivity index (χ0n) is 11.2. The highest BCUT2D eigenvalue weighted by Gasteiger charge is 2.22. The average Bonchev–Trinajstić information content (AvgIpc) is 2.48. The number of rotatable bonds is 3. The van der Waals surface area contributed by atoms with Gasteiger partial charge in [-0.2, -0.15) is 0 Å². The number of hydrogen-bond donors (Lipinski definition) is 1. The van der Waals surface area contributed by atoms with Crippen molar-refractivity contribution in [3.63, 3.8) is 0 Å². The molecule has 1 aliphatic heterocycles. The maximum absolute atomic E-state index is 6.09. The molecule has 4 heteroatoms. The second-order valence-electron chi connectivity index (χ2n) is 4.65. The van der Waals surface area contributed by atoms with Gasteiger partial charge in [-0.15, -0.1) is 0 Å². The largest absolute Gasteiger partial charge is 0.486 e. The fraction of sp³-hybridized carbons (Fsp3) is 0.250. The molecule has 0 fully saturated rings. The van der Waals surface area contributed by atoms with E-state index in [1.165, 1.54) is 0 Å². The van der Waals surface area contributed by atoms with Gasteiger partial charge in [-0.3, -0.25) is 0 Å². The van der Waals surface area contributed by atoms with E-state index in [9.17, 15) is 0 Å². The SMILES string of the molecule is CNC(c1cccc(Cl)c1)c1cccc2c1OCCO2. The molecule has 1 heterocycles. The number of nitrogens with one attached hydrogen (secondary N) is 1. The van der Waals surface area contributed by atoms with Crippen molar-refractivity contribution < 1.29 is 9.47 Å². The summed E-state index contributed by atoms with van der Waals surface area (Å²) in [4.78, 5) is 0. The number of benzene rings is 2. The normalized spacial score (nSPS) is 14.9. The molecule has 0 spiro atoms. The summed E-state index contributed by atoms with van der Waals surface area (Å²) in [7, 11) is 1.93. The van der Waals surface area contributed by atoms with E-state index in [2.05, 4.69) is 17.4 Å². The smallest absolute Gasteiger partial charge is 0.166 e. The molecule has 3 rings (SSSR count). The van der Waals surface area contributed by atoms with Gasteiger partial charge in [0.1, 0.15) is 13.2 Å². The standard InChI is InChI=1S/C16H16ClNO2/c1-18-15(11-4-2-5-12(17)10-11)13-6-3-7-14-16(13)20-9-8-19-14/h2-7,10,15,18H,8-9H2,1H3. The first-order valence-corrected chi connectivity index (χ1v) is 6.98. The number of fused-ring (bicyclic) bond motifs is 1. The highest BCUT2D eigenvalue weighted by atomic mass is 35.5. The molecule has 104 valence electrons. The molecule has 0 amide bonds. The molecule has 20 heavy (non-hydrogen) atoms. The lowest BCUT2D eigenvalue weighted by Crippen LogP contribution is -2.22. The van der Waals surface area contributed by atoms with Gasteiger partial charge in [0, 0.05) is 10.6 Å². The summed E-state index contributed by atoms with van der Waals surface area (Å²) >= 11 is 6.09. The second kappa shape index (κ2) is 5.73. The van der Waals surface area contributed by atoms with Gasteiger partial charge in [-0.1, -0.05) is 35.9 Å². The highest BCUT2D eigenvalue weighted by molar-refractivity contribution is 6.30. The molecule has 0 saturated heterocycles. The third-order valence-corrected chi connectivity index (χ3v) is 3.61. The van der Waals surface area contributed by atoms with Gasteiger partial charge in [0.05, 0.1) is 6.04 Å². The van der Waals surface area contributed by atoms with Crippen LogP contribution in [0.5, 0.6) is 11.5 Å². The number of ether oxygens (including phenoxy) is 2. The summed E-state index contributed by atoms with van der Waals surface area (Å²) in [6, 6.07) is 13.8. The zero-order valence-corrected chi connectivity index (χ0v) is 12.0. The van der Waals surface area contributed by atoms with Gasteiger partial charge in [0.25, 0.3) is 0 Å². The molecular weight excluding hydrogens is 274 g/mol. The Morgan fingerprint density at radius 2 is 1.90 bits per heavy atom. The molecule has 0 bridgehead atoms. The van der Waals surface area contributed by atoms with Crippen LogP contribution in [-0.4, -0.2) is 20.3 Å². The van der Waals surface area contributed by atoms with E-state index in [-0.39, 0.29) is 6.04 Å². The Kier molecular flexibility index (Phi) is 3.81. The first-order valence-electron chi connectivity index (χ1n) is 6.61. The number of hydrogen-bond acceptors (Lipinski definition) is 3. The maximum atomic E-state index is 6.09. The van der Waals surface area contributed by atoms with Crippen LogP contribution in [-0.2, 0) is 0 Å². The number of halogens is 1. The van der Waals surface area contributed by atoms with Gasteiger partial charge < -0.3 is 14.8 Å². The topological polar surface area (TPSA) is 30.5 Å². The maximum Gasteiger partial charge on any atom is 0.166 e. The lowest BCUT2D eigenvalue weighted by Gasteiger charge is -2.25. The molecule has 2 aromatic rings. The summed E-state index contributed by atoms with van der Waals surface area (Å²) in [5.74, 6) is 1.62. The summed E-state index contributed by atoms with van der Waals surface area (Å²) in [6.45, 7) is 1.17. The Hall–Kier alpha value is -1.71. The first-order chi connectivity index (χ1) is 9.79. The third-order valence-electron chi connectivity index (χ3n) is 3.38. The molecular formula is C16H16ClNO2. The van der Waals surface area contributed by atoms with Crippen LogP contribution in [0.4, 0.5) is 0 Å². The van der Waals surface area contributed by atoms with E-state index in [1.807, 2.05) is 37.4 Å². The van der Waals surface area contributed by atoms with Crippen LogP contribution >= 0.6 is 11.6 Å². The molecule has 0 aliphatic carbocycles. The minimum atomic E-state index is 0.0188. The second-order valence-corrected chi connectivity index (χ2v) is 5.08. The summed E-state index contributed by atoms with van der Waals surface area (Å²) in [5.41, 5.74) is 2.16. The molecule has 0 aromatic heterocycles. The van der Waals surface area contributed by atoms with Crippen LogP contribution in [0.2, 0.25) is 5.02 Å². The van der Waals surface area contributed by atoms with Crippen LogP contribution in [0.1, 0.15) is 17.2 Å². The monoisotopic (exact) mass is 289 g/mol. The Bertz CT molecular complexity index is 615. The third kappa shape index (κ3) is 2.47. The van der Waals surface area contributed by atoms with Crippen molar-refractivity contribution in [2.75, 3.05) is 20.3 Å². The van der Waals surface area contributed by atoms with Crippen LogP contribution in [0.25, 0.3) is 0 Å². The summed E-state index contributed by atoms with van der Waals surface area (Å²) in [6.07, 6.45) is 0. The quantitative estimate of drug-likeness (QED) is 0.939. The molecule has 1 N–H and O–H groups in total. The van der Waals surface area contributed by atoms with E-state index in [1.54, 1.807) is 0 Å².